The number of aliphatic hydroxyl groups is 2. The molecule has 0 heterocycles. The van der Waals surface area contributed by atoms with Crippen molar-refractivity contribution in [2.45, 2.75) is 399 Å². The van der Waals surface area contributed by atoms with E-state index in [0.29, 0.717) is 19.3 Å². The van der Waals surface area contributed by atoms with E-state index in [1.165, 1.54) is 161 Å². The van der Waals surface area contributed by atoms with Gasteiger partial charge in [-0.15, -0.1) is 0 Å². The molecule has 0 radical (unpaired) electrons. The molecule has 0 amide bonds. The van der Waals surface area contributed by atoms with Gasteiger partial charge in [-0.1, -0.05) is 365 Å². The number of carbonyl (C=O) groups is 3. The van der Waals surface area contributed by atoms with Crippen molar-refractivity contribution in [1.29, 1.82) is 0 Å². The molecule has 0 aliphatic carbocycles. The fraction of sp³-hybridized carbons (Fsp3) is 0.701. The molecule has 0 aromatic heterocycles. The third-order valence-corrected chi connectivity index (χ3v) is 21.1. The summed E-state index contributed by atoms with van der Waals surface area (Å²) in [5.41, 5.74) is 0. The third-order valence-electron chi connectivity index (χ3n) is 19.2. The summed E-state index contributed by atoms with van der Waals surface area (Å²) in [5, 5.41) is 20.7. The lowest BCUT2D eigenvalue weighted by Gasteiger charge is -2.21. The van der Waals surface area contributed by atoms with Gasteiger partial charge in [-0.05, 0) is 154 Å². The third kappa shape index (κ3) is 89.8. The van der Waals surface area contributed by atoms with Crippen LogP contribution in [0.25, 0.3) is 0 Å². The Morgan fingerprint density at radius 2 is 0.461 bits per heavy atom. The van der Waals surface area contributed by atoms with Crippen LogP contribution in [-0.4, -0.2) is 95.9 Å². The first-order valence-electron chi connectivity index (χ1n) is 45.8. The van der Waals surface area contributed by atoms with E-state index < -0.39 is 91.5 Å². The monoisotopic (exact) mass is 1650 g/mol. The van der Waals surface area contributed by atoms with Crippen molar-refractivity contribution >= 4 is 33.6 Å². The zero-order valence-corrected chi connectivity index (χ0v) is 74.5. The van der Waals surface area contributed by atoms with Crippen LogP contribution < -0.4 is 0 Å². The molecule has 0 aromatic carbocycles. The van der Waals surface area contributed by atoms with Crippen LogP contribution in [0.1, 0.15) is 380 Å². The Balaban J connectivity index is 4.66. The Morgan fingerprint density at radius 1 is 0.252 bits per heavy atom. The first-order chi connectivity index (χ1) is 56.2. The van der Waals surface area contributed by atoms with E-state index in [9.17, 15) is 43.5 Å². The maximum Gasteiger partial charge on any atom is 0.472 e. The molecule has 0 saturated heterocycles. The zero-order chi connectivity index (χ0) is 83.6. The van der Waals surface area contributed by atoms with Gasteiger partial charge in [-0.3, -0.25) is 32.5 Å². The van der Waals surface area contributed by atoms with Crippen molar-refractivity contribution in [2.75, 3.05) is 39.6 Å². The number of rotatable bonds is 86. The lowest BCUT2D eigenvalue weighted by Crippen LogP contribution is -2.30. The maximum atomic E-state index is 13.1. The van der Waals surface area contributed by atoms with Gasteiger partial charge in [-0.25, -0.2) is 9.13 Å². The molecular formula is C97H166O16P2. The molecule has 115 heavy (non-hydrogen) atoms. The van der Waals surface area contributed by atoms with E-state index in [0.717, 1.165) is 161 Å². The summed E-state index contributed by atoms with van der Waals surface area (Å²) < 4.78 is 61.5. The molecule has 0 saturated carbocycles. The molecule has 660 valence electrons. The Labute approximate surface area is 701 Å². The normalized spacial score (nSPS) is 14.5. The highest BCUT2D eigenvalue weighted by Gasteiger charge is 2.29. The number of carbonyl (C=O) groups excluding carboxylic acids is 3. The smallest absolute Gasteiger partial charge is 0.463 e. The van der Waals surface area contributed by atoms with Crippen LogP contribution in [0.2, 0.25) is 0 Å². The van der Waals surface area contributed by atoms with Crippen molar-refractivity contribution in [3.63, 3.8) is 0 Å². The van der Waals surface area contributed by atoms with Crippen LogP contribution in [0.3, 0.4) is 0 Å². The maximum absolute atomic E-state index is 13.1. The Bertz CT molecular complexity index is 2720. The van der Waals surface area contributed by atoms with Crippen LogP contribution >= 0.6 is 15.6 Å². The summed E-state index contributed by atoms with van der Waals surface area (Å²) in [6.07, 6.45) is 113. The van der Waals surface area contributed by atoms with Crippen molar-refractivity contribution in [1.82, 2.24) is 0 Å². The Morgan fingerprint density at radius 3 is 0.730 bits per heavy atom. The molecule has 0 bridgehead atoms. The van der Waals surface area contributed by atoms with Gasteiger partial charge in [0.1, 0.15) is 25.4 Å². The van der Waals surface area contributed by atoms with Crippen molar-refractivity contribution < 1.29 is 75.8 Å². The van der Waals surface area contributed by atoms with E-state index in [-0.39, 0.29) is 19.3 Å². The van der Waals surface area contributed by atoms with Gasteiger partial charge in [0.05, 0.1) is 26.4 Å². The van der Waals surface area contributed by atoms with Crippen molar-refractivity contribution in [3.8, 4) is 0 Å². The molecule has 0 fully saturated rings. The van der Waals surface area contributed by atoms with E-state index >= 15 is 0 Å². The van der Waals surface area contributed by atoms with Gasteiger partial charge in [0.2, 0.25) is 0 Å². The second-order valence-corrected chi connectivity index (χ2v) is 33.3. The second kappa shape index (κ2) is 88.5. The highest BCUT2D eigenvalue weighted by molar-refractivity contribution is 7.47. The molecule has 5 unspecified atom stereocenters. The first-order valence-corrected chi connectivity index (χ1v) is 48.8. The minimum absolute atomic E-state index is 0.0918. The molecule has 0 aliphatic rings. The van der Waals surface area contributed by atoms with E-state index in [4.69, 9.17) is 32.3 Å². The first kappa shape index (κ1) is 110. The van der Waals surface area contributed by atoms with Gasteiger partial charge in [0, 0.05) is 19.3 Å². The van der Waals surface area contributed by atoms with Gasteiger partial charge in [-0.2, -0.15) is 0 Å². The van der Waals surface area contributed by atoms with Crippen LogP contribution in [0.15, 0.2) is 158 Å². The SMILES string of the molecule is CC/C=C\C/C=C\C/C=C\C/C=C\C/C=C\CCCCCCCCCCCC(=O)OCC(COP(=O)(O)OCC(O)COP(=O)(O)OCC(O)COC(=O)CCCCCCCCCCCCCCC/C=C\C/C=C\C/C=C\C/C=C\CCCCC)OC(=O)CCCCCCCCCCC/C=C\C/C=C\C/C=C\C/C=C\CCCCC. The second-order valence-electron chi connectivity index (χ2n) is 30.4. The fourth-order valence-corrected chi connectivity index (χ4v) is 13.9. The molecule has 0 spiro atoms. The molecule has 0 rings (SSSR count). The number of ether oxygens (including phenoxy) is 3. The summed E-state index contributed by atoms with van der Waals surface area (Å²) in [6.45, 7) is 2.54. The van der Waals surface area contributed by atoms with Gasteiger partial charge >= 0.3 is 33.6 Å². The van der Waals surface area contributed by atoms with Crippen molar-refractivity contribution in [2.24, 2.45) is 0 Å². The largest absolute Gasteiger partial charge is 0.472 e. The molecule has 5 atom stereocenters. The number of hydrogen-bond donors (Lipinski definition) is 4. The van der Waals surface area contributed by atoms with Gasteiger partial charge in [0.15, 0.2) is 6.10 Å². The van der Waals surface area contributed by atoms with Gasteiger partial charge < -0.3 is 34.2 Å². The van der Waals surface area contributed by atoms with Crippen LogP contribution in [0.5, 0.6) is 0 Å². The molecule has 4 N–H and O–H groups in total. The summed E-state index contributed by atoms with van der Waals surface area (Å²) in [6, 6.07) is 0. The fourth-order valence-electron chi connectivity index (χ4n) is 12.3. The van der Waals surface area contributed by atoms with Gasteiger partial charge in [0.25, 0.3) is 0 Å². The van der Waals surface area contributed by atoms with Crippen LogP contribution in [0, 0.1) is 0 Å². The highest BCUT2D eigenvalue weighted by Crippen LogP contribution is 2.45. The summed E-state index contributed by atoms with van der Waals surface area (Å²) in [5.74, 6) is -1.58. The number of hydrogen-bond acceptors (Lipinski definition) is 14. The Kier molecular flexibility index (Phi) is 84.7. The van der Waals surface area contributed by atoms with E-state index in [2.05, 4.69) is 179 Å². The lowest BCUT2D eigenvalue weighted by atomic mass is 10.0. The standard InChI is InChI=1S/C97H166O16P2/c1-4-7-10-13-16-19-22-25-28-31-34-37-40-43-44-45-46-49-51-53-56-59-62-65-68-71-74-77-80-83-95(100)107-86-92(98)87-109-114(103,104)110-88-93(99)89-111-115(105,106)112-91-94(113-97(102)85-82-79-76-73-70-67-64-61-58-55-52-48-42-39-36-33-30-27-24-21-18-15-12-9-6-3)90-108-96(101)84-81-78-75-72-69-66-63-60-57-54-50-47-41-38-35-32-29-26-23-20-17-14-11-8-5-2/h8,11,16-21,25-30,34-39,43-44,47-48,50,52,92-94,98-99H,4-7,9-10,12-15,22-24,31-33,40-42,45-46,49,51,53-91H2,1-3H3,(H,103,104)(H,105,106)/b11-8-,19-16-,20-17-,21-18-,28-25-,29-26-,30-27-,37-34-,38-35-,39-36-,44-43-,50-47-,52-48-. The average Bonchev–Trinajstić information content (AvgIpc) is 0.926. The minimum Gasteiger partial charge on any atom is -0.463 e. The predicted octanol–water partition coefficient (Wildman–Crippen LogP) is 28.1. The highest BCUT2D eigenvalue weighted by atomic mass is 31.2. The molecule has 18 heteroatoms. The van der Waals surface area contributed by atoms with E-state index in [1.807, 2.05) is 0 Å². The minimum atomic E-state index is -4.95. The number of allylic oxidation sites excluding steroid dienone is 26. The lowest BCUT2D eigenvalue weighted by molar-refractivity contribution is -0.161. The zero-order valence-electron chi connectivity index (χ0n) is 72.7. The molecular weight excluding hydrogens is 1480 g/mol. The number of unbranched alkanes of at least 4 members (excludes halogenated alkanes) is 37. The molecule has 0 aliphatic heterocycles. The number of phosphoric acid groups is 2. The van der Waals surface area contributed by atoms with Crippen LogP contribution in [0.4, 0.5) is 0 Å². The number of aliphatic hydroxyl groups excluding tert-OH is 2. The van der Waals surface area contributed by atoms with E-state index in [1.54, 1.807) is 0 Å². The summed E-state index contributed by atoms with van der Waals surface area (Å²) in [7, 11) is -9.82. The Hall–Kier alpha value is -4.83. The quantitative estimate of drug-likeness (QED) is 0.0146. The van der Waals surface area contributed by atoms with Crippen molar-refractivity contribution in [3.05, 3.63) is 158 Å². The van der Waals surface area contributed by atoms with Crippen LogP contribution in [-0.2, 0) is 55.8 Å². The molecule has 16 nitrogen and oxygen atoms in total. The number of esters is 3. The topological polar surface area (TPSA) is 231 Å². The predicted molar refractivity (Wildman–Crippen MR) is 482 cm³/mol. The molecule has 0 aromatic rings. The summed E-state index contributed by atoms with van der Waals surface area (Å²) >= 11 is 0. The summed E-state index contributed by atoms with van der Waals surface area (Å²) in [4.78, 5) is 59.0. The average molecular weight is 1650 g/mol. The number of phosphoric ester groups is 2.